The van der Waals surface area contributed by atoms with E-state index in [2.05, 4.69) is 73.5 Å². The third kappa shape index (κ3) is 3.61. The standard InChI is InChI=1S/C23H22N6/c1-16-4-7-22(25-12-16)29-10-8-21-19(14-29)23(28-15-27-21)26-13-17-5-6-20-18(11-17)3-2-9-24-20/h2-7,9,11-12,15H,8,10,13-14H2,1H3,(H,26,27,28). The summed E-state index contributed by atoms with van der Waals surface area (Å²) in [4.78, 5) is 20.3. The average Bonchev–Trinajstić information content (AvgIpc) is 2.77. The minimum Gasteiger partial charge on any atom is -0.366 e. The van der Waals surface area contributed by atoms with Gasteiger partial charge in [0.25, 0.3) is 0 Å². The molecule has 1 aromatic carbocycles. The Morgan fingerprint density at radius 2 is 2.00 bits per heavy atom. The van der Waals surface area contributed by atoms with E-state index in [1.807, 2.05) is 18.5 Å². The first-order valence-electron chi connectivity index (χ1n) is 9.84. The normalized spacial score (nSPS) is 13.3. The van der Waals surface area contributed by atoms with Gasteiger partial charge in [0, 0.05) is 49.4 Å². The van der Waals surface area contributed by atoms with Crippen LogP contribution in [0.1, 0.15) is 22.4 Å². The number of aryl methyl sites for hydroxylation is 1. The lowest BCUT2D eigenvalue weighted by molar-refractivity contribution is 0.697. The van der Waals surface area contributed by atoms with Crippen LogP contribution in [0.4, 0.5) is 11.6 Å². The van der Waals surface area contributed by atoms with Crippen LogP contribution in [0, 0.1) is 6.92 Å². The second-order valence-electron chi connectivity index (χ2n) is 7.40. The third-order valence-corrected chi connectivity index (χ3v) is 5.35. The summed E-state index contributed by atoms with van der Waals surface area (Å²) in [7, 11) is 0. The lowest BCUT2D eigenvalue weighted by atomic mass is 10.1. The molecule has 5 rings (SSSR count). The van der Waals surface area contributed by atoms with Crippen LogP contribution in [0.3, 0.4) is 0 Å². The molecule has 0 saturated heterocycles. The molecule has 1 aliphatic heterocycles. The van der Waals surface area contributed by atoms with E-state index in [1.165, 1.54) is 11.1 Å². The van der Waals surface area contributed by atoms with Gasteiger partial charge in [0.15, 0.2) is 0 Å². The van der Waals surface area contributed by atoms with Crippen molar-refractivity contribution < 1.29 is 0 Å². The van der Waals surface area contributed by atoms with Gasteiger partial charge >= 0.3 is 0 Å². The van der Waals surface area contributed by atoms with Gasteiger partial charge in [-0.05, 0) is 42.3 Å². The van der Waals surface area contributed by atoms with E-state index in [0.717, 1.165) is 53.3 Å². The Hall–Kier alpha value is -3.54. The molecular formula is C23H22N6. The number of anilines is 2. The van der Waals surface area contributed by atoms with Crippen LogP contribution in [0.25, 0.3) is 10.9 Å². The van der Waals surface area contributed by atoms with Gasteiger partial charge in [-0.2, -0.15) is 0 Å². The van der Waals surface area contributed by atoms with Gasteiger partial charge in [-0.1, -0.05) is 18.2 Å². The fraction of sp³-hybridized carbons (Fsp3) is 0.217. The van der Waals surface area contributed by atoms with Gasteiger partial charge < -0.3 is 10.2 Å². The summed E-state index contributed by atoms with van der Waals surface area (Å²) in [6.07, 6.45) is 6.29. The Labute approximate surface area is 169 Å². The Morgan fingerprint density at radius 3 is 2.90 bits per heavy atom. The zero-order chi connectivity index (χ0) is 19.6. The van der Waals surface area contributed by atoms with E-state index in [9.17, 15) is 0 Å². The maximum absolute atomic E-state index is 4.59. The Balaban J connectivity index is 1.37. The highest BCUT2D eigenvalue weighted by atomic mass is 15.2. The first-order valence-corrected chi connectivity index (χ1v) is 9.84. The van der Waals surface area contributed by atoms with Crippen molar-refractivity contribution in [2.24, 2.45) is 0 Å². The molecule has 0 unspecified atom stereocenters. The van der Waals surface area contributed by atoms with Crippen molar-refractivity contribution in [1.82, 2.24) is 19.9 Å². The fourth-order valence-electron chi connectivity index (χ4n) is 3.76. The zero-order valence-corrected chi connectivity index (χ0v) is 16.3. The van der Waals surface area contributed by atoms with Gasteiger partial charge in [-0.3, -0.25) is 4.98 Å². The van der Waals surface area contributed by atoms with Gasteiger partial charge in [-0.15, -0.1) is 0 Å². The lowest BCUT2D eigenvalue weighted by Gasteiger charge is -2.30. The summed E-state index contributed by atoms with van der Waals surface area (Å²) in [5.74, 6) is 1.90. The summed E-state index contributed by atoms with van der Waals surface area (Å²) in [6, 6.07) is 14.6. The first kappa shape index (κ1) is 17.6. The van der Waals surface area contributed by atoms with Crippen molar-refractivity contribution in [3.63, 3.8) is 0 Å². The van der Waals surface area contributed by atoms with Gasteiger partial charge in [-0.25, -0.2) is 15.0 Å². The van der Waals surface area contributed by atoms with Crippen LogP contribution in [0.15, 0.2) is 61.2 Å². The molecule has 0 saturated carbocycles. The number of aromatic nitrogens is 4. The number of nitrogens with zero attached hydrogens (tertiary/aromatic N) is 5. The molecule has 0 radical (unpaired) electrons. The van der Waals surface area contributed by atoms with Gasteiger partial charge in [0.2, 0.25) is 0 Å². The third-order valence-electron chi connectivity index (χ3n) is 5.35. The highest BCUT2D eigenvalue weighted by Gasteiger charge is 2.22. The molecule has 1 aliphatic rings. The average molecular weight is 382 g/mol. The highest BCUT2D eigenvalue weighted by molar-refractivity contribution is 5.79. The van der Waals surface area contributed by atoms with E-state index in [4.69, 9.17) is 0 Å². The lowest BCUT2D eigenvalue weighted by Crippen LogP contribution is -2.32. The number of benzene rings is 1. The van der Waals surface area contributed by atoms with Crippen molar-refractivity contribution in [2.75, 3.05) is 16.8 Å². The molecule has 4 heterocycles. The first-order chi connectivity index (χ1) is 14.3. The Kier molecular flexibility index (Phi) is 4.52. The molecule has 0 bridgehead atoms. The number of nitrogens with one attached hydrogen (secondary N) is 1. The van der Waals surface area contributed by atoms with E-state index >= 15 is 0 Å². The summed E-state index contributed by atoms with van der Waals surface area (Å²) in [5.41, 5.74) is 5.65. The Bertz CT molecular complexity index is 1160. The minimum atomic E-state index is 0.705. The molecule has 29 heavy (non-hydrogen) atoms. The number of hydrogen-bond donors (Lipinski definition) is 1. The zero-order valence-electron chi connectivity index (χ0n) is 16.3. The van der Waals surface area contributed by atoms with Crippen LogP contribution >= 0.6 is 0 Å². The van der Waals surface area contributed by atoms with E-state index in [1.54, 1.807) is 6.33 Å². The van der Waals surface area contributed by atoms with Crippen LogP contribution in [0.5, 0.6) is 0 Å². The van der Waals surface area contributed by atoms with E-state index in [0.29, 0.717) is 6.54 Å². The molecule has 0 amide bonds. The van der Waals surface area contributed by atoms with Crippen molar-refractivity contribution in [3.8, 4) is 0 Å². The predicted molar refractivity (Wildman–Crippen MR) is 115 cm³/mol. The molecule has 0 spiro atoms. The van der Waals surface area contributed by atoms with Crippen LogP contribution in [-0.2, 0) is 19.5 Å². The highest BCUT2D eigenvalue weighted by Crippen LogP contribution is 2.26. The van der Waals surface area contributed by atoms with Crippen molar-refractivity contribution >= 4 is 22.5 Å². The topological polar surface area (TPSA) is 66.8 Å². The van der Waals surface area contributed by atoms with Crippen molar-refractivity contribution in [3.05, 3.63) is 83.6 Å². The van der Waals surface area contributed by atoms with Crippen molar-refractivity contribution in [1.29, 1.82) is 0 Å². The number of rotatable bonds is 4. The van der Waals surface area contributed by atoms with Crippen LogP contribution < -0.4 is 10.2 Å². The smallest absolute Gasteiger partial charge is 0.134 e. The van der Waals surface area contributed by atoms with E-state index < -0.39 is 0 Å². The van der Waals surface area contributed by atoms with Crippen molar-refractivity contribution in [2.45, 2.75) is 26.4 Å². The van der Waals surface area contributed by atoms with Crippen LogP contribution in [0.2, 0.25) is 0 Å². The monoisotopic (exact) mass is 382 g/mol. The molecule has 3 aromatic heterocycles. The molecule has 6 nitrogen and oxygen atoms in total. The molecule has 4 aromatic rings. The second-order valence-corrected chi connectivity index (χ2v) is 7.40. The summed E-state index contributed by atoms with van der Waals surface area (Å²) >= 11 is 0. The second kappa shape index (κ2) is 7.47. The molecule has 0 fully saturated rings. The van der Waals surface area contributed by atoms with Gasteiger partial charge in [0.1, 0.15) is 18.0 Å². The summed E-state index contributed by atoms with van der Waals surface area (Å²) < 4.78 is 0. The summed E-state index contributed by atoms with van der Waals surface area (Å²) in [6.45, 7) is 4.44. The quantitative estimate of drug-likeness (QED) is 0.577. The predicted octanol–water partition coefficient (Wildman–Crippen LogP) is 3.90. The molecular weight excluding hydrogens is 360 g/mol. The van der Waals surface area contributed by atoms with Crippen LogP contribution in [-0.4, -0.2) is 26.5 Å². The number of pyridine rings is 2. The maximum atomic E-state index is 4.59. The summed E-state index contributed by atoms with van der Waals surface area (Å²) in [5, 5.41) is 4.66. The van der Waals surface area contributed by atoms with Gasteiger partial charge in [0.05, 0.1) is 11.2 Å². The van der Waals surface area contributed by atoms with E-state index in [-0.39, 0.29) is 0 Å². The largest absolute Gasteiger partial charge is 0.366 e. The number of hydrogen-bond acceptors (Lipinski definition) is 6. The maximum Gasteiger partial charge on any atom is 0.134 e. The molecule has 144 valence electrons. The minimum absolute atomic E-state index is 0.705. The number of fused-ring (bicyclic) bond motifs is 2. The molecule has 0 aliphatic carbocycles. The molecule has 1 N–H and O–H groups in total. The molecule has 0 atom stereocenters. The SMILES string of the molecule is Cc1ccc(N2CCc3ncnc(NCc4ccc5ncccc5c4)c3C2)nc1. The molecule has 6 heteroatoms. The Morgan fingerprint density at radius 1 is 1.03 bits per heavy atom. The fourth-order valence-corrected chi connectivity index (χ4v) is 3.76.